The van der Waals surface area contributed by atoms with Crippen LogP contribution in [0, 0.1) is 0 Å². The van der Waals surface area contributed by atoms with Gasteiger partial charge in [0.1, 0.15) is 5.70 Å². The van der Waals surface area contributed by atoms with Crippen molar-refractivity contribution in [3.05, 3.63) is 77.0 Å². The SMILES string of the molecule is CN1CCC(N(C)C2=C(c3ccccc3)C(=O)N(Cc3cccc(C(F)(F)F)c3)C2=O)CC1. The van der Waals surface area contributed by atoms with Gasteiger partial charge in [-0.1, -0.05) is 42.5 Å². The van der Waals surface area contributed by atoms with Gasteiger partial charge in [-0.3, -0.25) is 14.5 Å². The second kappa shape index (κ2) is 9.02. The topological polar surface area (TPSA) is 43.9 Å². The maximum absolute atomic E-state index is 13.5. The van der Waals surface area contributed by atoms with Crippen molar-refractivity contribution in [2.75, 3.05) is 27.2 Å². The van der Waals surface area contributed by atoms with Crippen LogP contribution in [-0.2, 0) is 22.3 Å². The number of likely N-dealkylation sites (tertiary alicyclic amines) is 1. The predicted octanol–water partition coefficient (Wildman–Crippen LogP) is 4.01. The van der Waals surface area contributed by atoms with E-state index < -0.39 is 23.6 Å². The van der Waals surface area contributed by atoms with E-state index in [1.807, 2.05) is 25.1 Å². The van der Waals surface area contributed by atoms with E-state index in [1.165, 1.54) is 12.1 Å². The van der Waals surface area contributed by atoms with Crippen molar-refractivity contribution in [2.45, 2.75) is 31.6 Å². The normalized spacial score (nSPS) is 18.4. The molecule has 2 heterocycles. The van der Waals surface area contributed by atoms with Crippen molar-refractivity contribution in [1.29, 1.82) is 0 Å². The summed E-state index contributed by atoms with van der Waals surface area (Å²) in [5.41, 5.74) is 0.681. The van der Waals surface area contributed by atoms with Crippen molar-refractivity contribution in [1.82, 2.24) is 14.7 Å². The molecule has 0 atom stereocenters. The zero-order valence-electron chi connectivity index (χ0n) is 18.6. The number of alkyl halides is 3. The van der Waals surface area contributed by atoms with E-state index in [4.69, 9.17) is 0 Å². The molecule has 33 heavy (non-hydrogen) atoms. The smallest absolute Gasteiger partial charge is 0.366 e. The third kappa shape index (κ3) is 4.66. The number of piperidine rings is 1. The van der Waals surface area contributed by atoms with Crippen LogP contribution in [0.4, 0.5) is 13.2 Å². The van der Waals surface area contributed by atoms with Crippen LogP contribution in [0.1, 0.15) is 29.5 Å². The summed E-state index contributed by atoms with van der Waals surface area (Å²) in [4.78, 5) is 32.1. The number of halogens is 3. The van der Waals surface area contributed by atoms with Gasteiger partial charge < -0.3 is 9.80 Å². The van der Waals surface area contributed by atoms with Gasteiger partial charge in [0.2, 0.25) is 0 Å². The fourth-order valence-electron chi connectivity index (χ4n) is 4.49. The van der Waals surface area contributed by atoms with Crippen molar-refractivity contribution in [3.63, 3.8) is 0 Å². The van der Waals surface area contributed by atoms with Crippen LogP contribution in [0.5, 0.6) is 0 Å². The Morgan fingerprint density at radius 1 is 0.970 bits per heavy atom. The lowest BCUT2D eigenvalue weighted by Crippen LogP contribution is -2.43. The molecule has 0 aliphatic carbocycles. The summed E-state index contributed by atoms with van der Waals surface area (Å²) in [5.74, 6) is -0.962. The highest BCUT2D eigenvalue weighted by atomic mass is 19.4. The third-order valence-electron chi connectivity index (χ3n) is 6.39. The third-order valence-corrected chi connectivity index (χ3v) is 6.39. The number of hydrogen-bond donors (Lipinski definition) is 0. The van der Waals surface area contributed by atoms with Crippen LogP contribution in [0.2, 0.25) is 0 Å². The Balaban J connectivity index is 1.68. The van der Waals surface area contributed by atoms with Gasteiger partial charge >= 0.3 is 6.18 Å². The number of amides is 2. The van der Waals surface area contributed by atoms with Crippen LogP contribution in [0.15, 0.2) is 60.3 Å². The number of nitrogens with zero attached hydrogens (tertiary/aromatic N) is 3. The minimum Gasteiger partial charge on any atom is -0.366 e. The zero-order chi connectivity index (χ0) is 23.8. The molecule has 0 saturated carbocycles. The van der Waals surface area contributed by atoms with Gasteiger partial charge in [-0.15, -0.1) is 0 Å². The van der Waals surface area contributed by atoms with Gasteiger partial charge in [0.15, 0.2) is 0 Å². The second-order valence-electron chi connectivity index (χ2n) is 8.63. The molecule has 0 radical (unpaired) electrons. The van der Waals surface area contributed by atoms with Crippen LogP contribution >= 0.6 is 0 Å². The van der Waals surface area contributed by atoms with Crippen LogP contribution in [0.25, 0.3) is 5.57 Å². The van der Waals surface area contributed by atoms with Crippen molar-refractivity contribution in [2.24, 2.45) is 0 Å². The van der Waals surface area contributed by atoms with Crippen LogP contribution < -0.4 is 0 Å². The molecule has 0 spiro atoms. The monoisotopic (exact) mass is 457 g/mol. The highest BCUT2D eigenvalue weighted by molar-refractivity contribution is 6.35. The Hall–Kier alpha value is -3.13. The standard InChI is InChI=1S/C25H26F3N3O2/c1-29-13-11-20(12-14-29)30(2)22-21(18-8-4-3-5-9-18)23(32)31(24(22)33)16-17-7-6-10-19(15-17)25(26,27)28/h3-10,15,20H,11-14,16H2,1-2H3. The molecule has 0 N–H and O–H groups in total. The van der Waals surface area contributed by atoms with Gasteiger partial charge in [-0.05, 0) is 56.2 Å². The fourth-order valence-corrected chi connectivity index (χ4v) is 4.49. The van der Waals surface area contributed by atoms with Crippen molar-refractivity contribution >= 4 is 17.4 Å². The first-order chi connectivity index (χ1) is 15.7. The number of benzene rings is 2. The summed E-state index contributed by atoms with van der Waals surface area (Å²) in [6.45, 7) is 1.56. The molecule has 0 unspecified atom stereocenters. The van der Waals surface area contributed by atoms with E-state index in [0.717, 1.165) is 43.0 Å². The average Bonchev–Trinajstić information content (AvgIpc) is 3.04. The quantitative estimate of drug-likeness (QED) is 0.637. The predicted molar refractivity (Wildman–Crippen MR) is 119 cm³/mol. The summed E-state index contributed by atoms with van der Waals surface area (Å²) in [6, 6.07) is 13.8. The summed E-state index contributed by atoms with van der Waals surface area (Å²) >= 11 is 0. The largest absolute Gasteiger partial charge is 0.416 e. The van der Waals surface area contributed by atoms with Crippen LogP contribution in [-0.4, -0.2) is 59.7 Å². The lowest BCUT2D eigenvalue weighted by Gasteiger charge is -2.36. The number of rotatable bonds is 5. The molecule has 5 nitrogen and oxygen atoms in total. The molecule has 8 heteroatoms. The molecule has 2 aliphatic heterocycles. The highest BCUT2D eigenvalue weighted by Crippen LogP contribution is 2.35. The molecular formula is C25H26F3N3O2. The molecule has 174 valence electrons. The molecule has 0 aromatic heterocycles. The summed E-state index contributed by atoms with van der Waals surface area (Å²) in [5, 5.41) is 0. The number of imide groups is 1. The first-order valence-corrected chi connectivity index (χ1v) is 10.9. The molecule has 2 aliphatic rings. The maximum atomic E-state index is 13.5. The molecule has 0 bridgehead atoms. The molecule has 2 amide bonds. The molecule has 4 rings (SSSR count). The lowest BCUT2D eigenvalue weighted by atomic mass is 10.0. The molecule has 2 aromatic carbocycles. The lowest BCUT2D eigenvalue weighted by molar-refractivity contribution is -0.138. The van der Waals surface area contributed by atoms with Gasteiger partial charge in [-0.2, -0.15) is 13.2 Å². The Bertz CT molecular complexity index is 1070. The second-order valence-corrected chi connectivity index (χ2v) is 8.63. The first-order valence-electron chi connectivity index (χ1n) is 10.9. The Labute approximate surface area is 191 Å². The average molecular weight is 457 g/mol. The van der Waals surface area contributed by atoms with Crippen molar-refractivity contribution in [3.8, 4) is 0 Å². The number of hydrogen-bond acceptors (Lipinski definition) is 4. The van der Waals surface area contributed by atoms with Gasteiger partial charge in [-0.25, -0.2) is 0 Å². The Morgan fingerprint density at radius 2 is 1.64 bits per heavy atom. The minimum absolute atomic E-state index is 0.0974. The molecule has 1 saturated heterocycles. The van der Waals surface area contributed by atoms with Crippen molar-refractivity contribution < 1.29 is 22.8 Å². The van der Waals surface area contributed by atoms with Gasteiger partial charge in [0.05, 0.1) is 17.7 Å². The number of likely N-dealkylation sites (N-methyl/N-ethyl adjacent to an activating group) is 1. The van der Waals surface area contributed by atoms with E-state index >= 15 is 0 Å². The Kier molecular flexibility index (Phi) is 6.30. The zero-order valence-corrected chi connectivity index (χ0v) is 18.6. The fraction of sp³-hybridized carbons (Fsp3) is 0.360. The molecule has 2 aromatic rings. The van der Waals surface area contributed by atoms with E-state index in [-0.39, 0.29) is 18.2 Å². The van der Waals surface area contributed by atoms with E-state index in [2.05, 4.69) is 4.90 Å². The van der Waals surface area contributed by atoms with E-state index in [1.54, 1.807) is 24.3 Å². The van der Waals surface area contributed by atoms with Gasteiger partial charge in [0, 0.05) is 13.1 Å². The van der Waals surface area contributed by atoms with E-state index in [0.29, 0.717) is 16.8 Å². The summed E-state index contributed by atoms with van der Waals surface area (Å²) in [7, 11) is 3.87. The van der Waals surface area contributed by atoms with Crippen LogP contribution in [0.3, 0.4) is 0 Å². The Morgan fingerprint density at radius 3 is 2.27 bits per heavy atom. The minimum atomic E-state index is -4.50. The number of carbonyl (C=O) groups excluding carboxylic acids is 2. The maximum Gasteiger partial charge on any atom is 0.416 e. The summed E-state index contributed by atoms with van der Waals surface area (Å²) in [6.07, 6.45) is -2.79. The van der Waals surface area contributed by atoms with Gasteiger partial charge in [0.25, 0.3) is 11.8 Å². The summed E-state index contributed by atoms with van der Waals surface area (Å²) < 4.78 is 39.5. The van der Waals surface area contributed by atoms with E-state index in [9.17, 15) is 22.8 Å². The number of carbonyl (C=O) groups is 2. The molecular weight excluding hydrogens is 431 g/mol. The molecule has 1 fully saturated rings. The highest BCUT2D eigenvalue weighted by Gasteiger charge is 2.42. The first kappa shape index (κ1) is 23.0.